The number of hydrogen-bond acceptors (Lipinski definition) is 6. The first kappa shape index (κ1) is 20.3. The number of likely N-dealkylation sites (N-methyl/N-ethyl adjacent to an activating group) is 1. The Bertz CT molecular complexity index is 903. The van der Waals surface area contributed by atoms with E-state index in [1.54, 1.807) is 0 Å². The number of non-ortho nitro benzene ring substituents is 1. The van der Waals surface area contributed by atoms with Crippen LogP contribution in [0.5, 0.6) is 5.75 Å². The molecule has 0 radical (unpaired) electrons. The van der Waals surface area contributed by atoms with E-state index in [9.17, 15) is 19.7 Å². The Morgan fingerprint density at radius 2 is 2.03 bits per heavy atom. The lowest BCUT2D eigenvalue weighted by molar-refractivity contribution is -0.384. The van der Waals surface area contributed by atoms with E-state index in [1.165, 1.54) is 28.7 Å². The molecule has 152 valence electrons. The second-order valence-corrected chi connectivity index (χ2v) is 6.75. The number of benzene rings is 2. The van der Waals surface area contributed by atoms with E-state index in [0.29, 0.717) is 18.8 Å². The lowest BCUT2D eigenvalue weighted by atomic mass is 10.2. The summed E-state index contributed by atoms with van der Waals surface area (Å²) in [4.78, 5) is 38.3. The van der Waals surface area contributed by atoms with Crippen LogP contribution >= 0.6 is 0 Å². The van der Waals surface area contributed by atoms with Crippen LogP contribution in [0.15, 0.2) is 48.5 Å². The second-order valence-electron chi connectivity index (χ2n) is 6.75. The first-order valence-corrected chi connectivity index (χ1v) is 9.15. The smallest absolute Gasteiger partial charge is 0.271 e. The predicted octanol–water partition coefficient (Wildman–Crippen LogP) is 1.57. The number of fused-ring (bicyclic) bond motifs is 1. The third kappa shape index (κ3) is 5.29. The van der Waals surface area contributed by atoms with E-state index in [2.05, 4.69) is 10.2 Å². The van der Waals surface area contributed by atoms with Crippen LogP contribution in [0.25, 0.3) is 0 Å². The molecule has 0 atom stereocenters. The highest BCUT2D eigenvalue weighted by Crippen LogP contribution is 2.35. The van der Waals surface area contributed by atoms with Gasteiger partial charge in [-0.3, -0.25) is 24.6 Å². The van der Waals surface area contributed by atoms with E-state index in [-0.39, 0.29) is 30.4 Å². The van der Waals surface area contributed by atoms with Gasteiger partial charge in [-0.05, 0) is 18.7 Å². The number of rotatable bonds is 8. The van der Waals surface area contributed by atoms with Crippen molar-refractivity contribution in [3.8, 4) is 5.75 Å². The summed E-state index contributed by atoms with van der Waals surface area (Å²) < 4.78 is 5.30. The Hall–Kier alpha value is -3.46. The Morgan fingerprint density at radius 1 is 1.28 bits per heavy atom. The Morgan fingerprint density at radius 3 is 2.76 bits per heavy atom. The predicted molar refractivity (Wildman–Crippen MR) is 107 cm³/mol. The van der Waals surface area contributed by atoms with E-state index in [0.717, 1.165) is 6.54 Å². The van der Waals surface area contributed by atoms with Gasteiger partial charge >= 0.3 is 0 Å². The quantitative estimate of drug-likeness (QED) is 0.535. The molecule has 1 aliphatic heterocycles. The minimum atomic E-state index is -0.555. The number of ether oxygens (including phenoxy) is 1. The molecule has 2 amide bonds. The summed E-state index contributed by atoms with van der Waals surface area (Å²) >= 11 is 0. The van der Waals surface area contributed by atoms with Crippen molar-refractivity contribution >= 4 is 23.2 Å². The summed E-state index contributed by atoms with van der Waals surface area (Å²) in [5, 5.41) is 13.8. The lowest BCUT2D eigenvalue weighted by Gasteiger charge is -2.28. The van der Waals surface area contributed by atoms with Crippen LogP contribution < -0.4 is 15.0 Å². The number of nitro groups is 1. The summed E-state index contributed by atoms with van der Waals surface area (Å²) in [6.07, 6.45) is 0. The molecule has 1 aliphatic rings. The SMILES string of the molecule is CN(CCNC(=O)CN1C(=O)COc2ccc([N+](=O)[O-])cc21)Cc1ccccc1. The monoisotopic (exact) mass is 398 g/mol. The van der Waals surface area contributed by atoms with Crippen molar-refractivity contribution in [2.24, 2.45) is 0 Å². The molecule has 29 heavy (non-hydrogen) atoms. The fourth-order valence-electron chi connectivity index (χ4n) is 3.04. The zero-order valence-corrected chi connectivity index (χ0v) is 16.0. The Balaban J connectivity index is 1.54. The lowest BCUT2D eigenvalue weighted by Crippen LogP contribution is -2.46. The summed E-state index contributed by atoms with van der Waals surface area (Å²) in [7, 11) is 1.96. The average molecular weight is 398 g/mol. The molecule has 0 saturated carbocycles. The van der Waals surface area contributed by atoms with Crippen LogP contribution in [0.2, 0.25) is 0 Å². The van der Waals surface area contributed by atoms with E-state index in [1.807, 2.05) is 37.4 Å². The van der Waals surface area contributed by atoms with Crippen molar-refractivity contribution in [3.63, 3.8) is 0 Å². The molecule has 9 heteroatoms. The van der Waals surface area contributed by atoms with Gasteiger partial charge in [-0.1, -0.05) is 30.3 Å². The van der Waals surface area contributed by atoms with Crippen LogP contribution in [0.4, 0.5) is 11.4 Å². The van der Waals surface area contributed by atoms with Gasteiger partial charge in [0.1, 0.15) is 12.3 Å². The molecule has 1 N–H and O–H groups in total. The van der Waals surface area contributed by atoms with Crippen molar-refractivity contribution in [1.82, 2.24) is 10.2 Å². The normalized spacial score (nSPS) is 13.0. The molecule has 0 unspecified atom stereocenters. The first-order valence-electron chi connectivity index (χ1n) is 9.15. The van der Waals surface area contributed by atoms with E-state index < -0.39 is 10.8 Å². The summed E-state index contributed by atoms with van der Waals surface area (Å²) in [5.74, 6) is -0.425. The molecular weight excluding hydrogens is 376 g/mol. The van der Waals surface area contributed by atoms with Gasteiger partial charge in [-0.2, -0.15) is 0 Å². The molecule has 0 fully saturated rings. The number of amides is 2. The van der Waals surface area contributed by atoms with Gasteiger partial charge in [0, 0.05) is 31.8 Å². The van der Waals surface area contributed by atoms with Crippen molar-refractivity contribution in [3.05, 3.63) is 64.2 Å². The summed E-state index contributed by atoms with van der Waals surface area (Å²) in [6.45, 7) is 1.38. The van der Waals surface area contributed by atoms with Crippen LogP contribution in [-0.4, -0.2) is 54.9 Å². The number of carbonyl (C=O) groups excluding carboxylic acids is 2. The zero-order chi connectivity index (χ0) is 20.8. The van der Waals surface area contributed by atoms with Gasteiger partial charge in [0.2, 0.25) is 5.91 Å². The van der Waals surface area contributed by atoms with Gasteiger partial charge < -0.3 is 15.0 Å². The van der Waals surface area contributed by atoms with Gasteiger partial charge in [0.05, 0.1) is 10.6 Å². The maximum absolute atomic E-state index is 12.3. The number of nitrogens with one attached hydrogen (secondary N) is 1. The molecule has 0 saturated heterocycles. The highest BCUT2D eigenvalue weighted by molar-refractivity contribution is 6.02. The second kappa shape index (κ2) is 9.16. The minimum absolute atomic E-state index is 0.171. The van der Waals surface area contributed by atoms with Crippen LogP contribution in [0.3, 0.4) is 0 Å². The van der Waals surface area contributed by atoms with Crippen molar-refractivity contribution in [1.29, 1.82) is 0 Å². The number of hydrogen-bond donors (Lipinski definition) is 1. The fourth-order valence-corrected chi connectivity index (χ4v) is 3.04. The maximum atomic E-state index is 12.3. The number of nitro benzene ring substituents is 1. The van der Waals surface area contributed by atoms with Gasteiger partial charge in [-0.15, -0.1) is 0 Å². The van der Waals surface area contributed by atoms with Gasteiger partial charge in [0.25, 0.3) is 11.6 Å². The minimum Gasteiger partial charge on any atom is -0.482 e. The number of carbonyl (C=O) groups is 2. The third-order valence-electron chi connectivity index (χ3n) is 4.51. The molecule has 3 rings (SSSR count). The molecular formula is C20H22N4O5. The topological polar surface area (TPSA) is 105 Å². The number of nitrogens with zero attached hydrogens (tertiary/aromatic N) is 3. The molecule has 9 nitrogen and oxygen atoms in total. The first-order chi connectivity index (χ1) is 13.9. The fraction of sp³-hybridized carbons (Fsp3) is 0.300. The highest BCUT2D eigenvalue weighted by Gasteiger charge is 2.29. The molecule has 2 aromatic rings. The molecule has 0 aliphatic carbocycles. The highest BCUT2D eigenvalue weighted by atomic mass is 16.6. The zero-order valence-electron chi connectivity index (χ0n) is 16.0. The molecule has 0 bridgehead atoms. The number of anilines is 1. The van der Waals surface area contributed by atoms with Crippen LogP contribution in [0.1, 0.15) is 5.56 Å². The molecule has 0 spiro atoms. The molecule has 0 aromatic heterocycles. The van der Waals surface area contributed by atoms with Crippen LogP contribution in [-0.2, 0) is 16.1 Å². The van der Waals surface area contributed by atoms with Gasteiger partial charge in [0.15, 0.2) is 6.61 Å². The Kier molecular flexibility index (Phi) is 6.40. The average Bonchev–Trinajstić information content (AvgIpc) is 2.70. The largest absolute Gasteiger partial charge is 0.482 e. The Labute approximate surface area is 168 Å². The molecule has 1 heterocycles. The molecule has 2 aromatic carbocycles. The third-order valence-corrected chi connectivity index (χ3v) is 4.51. The van der Waals surface area contributed by atoms with E-state index >= 15 is 0 Å². The van der Waals surface area contributed by atoms with Crippen LogP contribution in [0, 0.1) is 10.1 Å². The van der Waals surface area contributed by atoms with Crippen molar-refractivity contribution < 1.29 is 19.2 Å². The standard InChI is InChI=1S/C20H22N4O5/c1-22(12-15-5-3-2-4-6-15)10-9-21-19(25)13-23-17-11-16(24(27)28)7-8-18(17)29-14-20(23)26/h2-8,11H,9-10,12-14H2,1H3,(H,21,25). The van der Waals surface area contributed by atoms with Crippen molar-refractivity contribution in [2.45, 2.75) is 6.54 Å². The van der Waals surface area contributed by atoms with Gasteiger partial charge in [-0.25, -0.2) is 0 Å². The summed E-state index contributed by atoms with van der Waals surface area (Å²) in [6, 6.07) is 14.0. The van der Waals surface area contributed by atoms with E-state index in [4.69, 9.17) is 4.74 Å². The summed E-state index contributed by atoms with van der Waals surface area (Å²) in [5.41, 5.74) is 1.24. The maximum Gasteiger partial charge on any atom is 0.271 e. The van der Waals surface area contributed by atoms with Crippen molar-refractivity contribution in [2.75, 3.05) is 38.2 Å².